The number of hydrogen-bond donors (Lipinski definition) is 1. The van der Waals surface area contributed by atoms with Gasteiger partial charge in [0, 0.05) is 25.6 Å². The fourth-order valence-corrected chi connectivity index (χ4v) is 3.43. The van der Waals surface area contributed by atoms with Crippen molar-refractivity contribution in [1.29, 1.82) is 0 Å². The zero-order valence-corrected chi connectivity index (χ0v) is 13.2. The van der Waals surface area contributed by atoms with Gasteiger partial charge in [0.05, 0.1) is 12.0 Å². The number of carbonyl (C=O) groups excluding carboxylic acids is 1. The zero-order valence-electron chi connectivity index (χ0n) is 13.2. The maximum absolute atomic E-state index is 12.4. The van der Waals surface area contributed by atoms with Crippen molar-refractivity contribution in [1.82, 2.24) is 4.90 Å². The molecule has 2 atom stereocenters. The molecule has 0 radical (unpaired) electrons. The molecular weight excluding hydrogens is 298 g/mol. The Hall–Kier alpha value is -2.08. The molecule has 0 saturated carbocycles. The third kappa shape index (κ3) is 3.03. The molecule has 0 spiro atoms. The molecule has 1 aromatic carbocycles. The lowest BCUT2D eigenvalue weighted by atomic mass is 9.74. The van der Waals surface area contributed by atoms with Crippen LogP contribution in [0.15, 0.2) is 24.3 Å². The van der Waals surface area contributed by atoms with Gasteiger partial charge < -0.3 is 19.5 Å². The van der Waals surface area contributed by atoms with Gasteiger partial charge in [-0.05, 0) is 31.0 Å². The van der Waals surface area contributed by atoms with E-state index in [2.05, 4.69) is 0 Å². The number of nitrogens with zero attached hydrogens (tertiary/aromatic N) is 1. The van der Waals surface area contributed by atoms with Gasteiger partial charge in [0.15, 0.2) is 6.61 Å². The molecule has 6 heteroatoms. The molecule has 0 unspecified atom stereocenters. The largest absolute Gasteiger partial charge is 0.484 e. The molecule has 6 nitrogen and oxygen atoms in total. The summed E-state index contributed by atoms with van der Waals surface area (Å²) in [6, 6.07) is 7.49. The van der Waals surface area contributed by atoms with Gasteiger partial charge >= 0.3 is 5.97 Å². The van der Waals surface area contributed by atoms with E-state index >= 15 is 0 Å². The molecule has 3 rings (SSSR count). The predicted octanol–water partition coefficient (Wildman–Crippen LogP) is 1.32. The number of aryl methyl sites for hydroxylation is 1. The van der Waals surface area contributed by atoms with Crippen LogP contribution in [0.2, 0.25) is 0 Å². The Labute approximate surface area is 135 Å². The van der Waals surface area contributed by atoms with E-state index in [-0.39, 0.29) is 25.0 Å². The first-order chi connectivity index (χ1) is 11.0. The average molecular weight is 319 g/mol. The first-order valence-corrected chi connectivity index (χ1v) is 7.80. The summed E-state index contributed by atoms with van der Waals surface area (Å²) in [5.41, 5.74) is 0.196. The minimum Gasteiger partial charge on any atom is -0.484 e. The molecule has 0 aliphatic carbocycles. The fraction of sp³-hybridized carbons (Fsp3) is 0.529. The van der Waals surface area contributed by atoms with E-state index in [9.17, 15) is 14.7 Å². The summed E-state index contributed by atoms with van der Waals surface area (Å²) in [5.74, 6) is -0.509. The minimum atomic E-state index is -0.864. The zero-order chi connectivity index (χ0) is 16.4. The number of likely N-dealkylation sites (tertiary alicyclic amines) is 1. The first-order valence-electron chi connectivity index (χ1n) is 7.80. The summed E-state index contributed by atoms with van der Waals surface area (Å²) >= 11 is 0. The molecule has 1 amide bonds. The normalized spacial score (nSPS) is 26.7. The van der Waals surface area contributed by atoms with Crippen LogP contribution in [0.5, 0.6) is 5.75 Å². The molecule has 2 saturated heterocycles. The highest BCUT2D eigenvalue weighted by Crippen LogP contribution is 2.42. The van der Waals surface area contributed by atoms with Crippen LogP contribution >= 0.6 is 0 Å². The smallest absolute Gasteiger partial charge is 0.311 e. The second-order valence-electron chi connectivity index (χ2n) is 6.36. The van der Waals surface area contributed by atoms with Crippen LogP contribution in [0, 0.1) is 18.3 Å². The highest BCUT2D eigenvalue weighted by atomic mass is 16.5. The molecule has 0 bridgehead atoms. The quantitative estimate of drug-likeness (QED) is 0.906. The summed E-state index contributed by atoms with van der Waals surface area (Å²) in [5, 5.41) is 9.61. The summed E-state index contributed by atoms with van der Waals surface area (Å²) in [7, 11) is 0. The van der Waals surface area contributed by atoms with Gasteiger partial charge in [-0.3, -0.25) is 9.59 Å². The molecular formula is C17H21NO5. The number of ether oxygens (including phenoxy) is 2. The van der Waals surface area contributed by atoms with Crippen molar-refractivity contribution < 1.29 is 24.2 Å². The summed E-state index contributed by atoms with van der Waals surface area (Å²) in [6.07, 6.45) is 0.454. The number of fused-ring (bicyclic) bond motifs is 1. The molecule has 2 heterocycles. The van der Waals surface area contributed by atoms with Crippen molar-refractivity contribution in [2.75, 3.05) is 32.9 Å². The third-order valence-electron chi connectivity index (χ3n) is 4.84. The lowest BCUT2D eigenvalue weighted by Gasteiger charge is -2.33. The molecule has 0 aromatic heterocycles. The van der Waals surface area contributed by atoms with Crippen molar-refractivity contribution in [3.63, 3.8) is 0 Å². The van der Waals surface area contributed by atoms with Crippen LogP contribution in [0.1, 0.15) is 12.0 Å². The number of benzene rings is 1. The number of hydrogen-bond acceptors (Lipinski definition) is 4. The van der Waals surface area contributed by atoms with Gasteiger partial charge in [-0.15, -0.1) is 0 Å². The lowest BCUT2D eigenvalue weighted by Crippen LogP contribution is -2.45. The standard InChI is InChI=1S/C17H21NO5/c1-12-3-2-4-14(7-12)23-10-15(19)18-8-13-9-22-6-5-17(13,11-18)16(20)21/h2-4,7,13H,5-6,8-11H2,1H3,(H,20,21)/t13-,17+/m0/s1. The van der Waals surface area contributed by atoms with Crippen LogP contribution in [-0.2, 0) is 14.3 Å². The van der Waals surface area contributed by atoms with Crippen molar-refractivity contribution in [2.45, 2.75) is 13.3 Å². The third-order valence-corrected chi connectivity index (χ3v) is 4.84. The second-order valence-corrected chi connectivity index (χ2v) is 6.36. The Morgan fingerprint density at radius 3 is 3.00 bits per heavy atom. The van der Waals surface area contributed by atoms with E-state index in [1.54, 1.807) is 11.0 Å². The van der Waals surface area contributed by atoms with E-state index in [0.29, 0.717) is 31.9 Å². The van der Waals surface area contributed by atoms with Gasteiger partial charge in [-0.25, -0.2) is 0 Å². The number of rotatable bonds is 4. The van der Waals surface area contributed by atoms with Crippen LogP contribution in [0.4, 0.5) is 0 Å². The summed E-state index contributed by atoms with van der Waals surface area (Å²) in [4.78, 5) is 25.7. The lowest BCUT2D eigenvalue weighted by molar-refractivity contribution is -0.157. The SMILES string of the molecule is Cc1cccc(OCC(=O)N2C[C@H]3COCC[C@@]3(C(=O)O)C2)c1. The Morgan fingerprint density at radius 1 is 1.48 bits per heavy atom. The van der Waals surface area contributed by atoms with Crippen LogP contribution in [-0.4, -0.2) is 54.8 Å². The number of carboxylic acid groups (broad SMARTS) is 1. The Kier molecular flexibility index (Phi) is 4.26. The number of aliphatic carboxylic acids is 1. The van der Waals surface area contributed by atoms with E-state index in [0.717, 1.165) is 5.56 Å². The van der Waals surface area contributed by atoms with Crippen molar-refractivity contribution in [3.05, 3.63) is 29.8 Å². The highest BCUT2D eigenvalue weighted by Gasteiger charge is 2.54. The average Bonchev–Trinajstić information content (AvgIpc) is 2.94. The van der Waals surface area contributed by atoms with Crippen LogP contribution in [0.3, 0.4) is 0 Å². The maximum atomic E-state index is 12.4. The highest BCUT2D eigenvalue weighted by molar-refractivity contribution is 5.82. The molecule has 2 aliphatic heterocycles. The first kappa shape index (κ1) is 15.8. The molecule has 23 heavy (non-hydrogen) atoms. The van der Waals surface area contributed by atoms with Gasteiger partial charge in [0.25, 0.3) is 5.91 Å². The van der Waals surface area contributed by atoms with E-state index in [1.165, 1.54) is 0 Å². The fourth-order valence-electron chi connectivity index (χ4n) is 3.43. The maximum Gasteiger partial charge on any atom is 0.311 e. The molecule has 1 aromatic rings. The predicted molar refractivity (Wildman–Crippen MR) is 82.2 cm³/mol. The number of amides is 1. The molecule has 2 aliphatic rings. The van der Waals surface area contributed by atoms with Crippen molar-refractivity contribution >= 4 is 11.9 Å². The van der Waals surface area contributed by atoms with Gasteiger partial charge in [0.2, 0.25) is 0 Å². The minimum absolute atomic E-state index is 0.0767. The van der Waals surface area contributed by atoms with Gasteiger partial charge in [0.1, 0.15) is 5.75 Å². The molecule has 124 valence electrons. The molecule has 1 N–H and O–H groups in total. The summed E-state index contributed by atoms with van der Waals surface area (Å²) < 4.78 is 10.9. The van der Waals surface area contributed by atoms with E-state index in [1.807, 2.05) is 25.1 Å². The Morgan fingerprint density at radius 2 is 2.30 bits per heavy atom. The molecule has 2 fully saturated rings. The van der Waals surface area contributed by atoms with E-state index in [4.69, 9.17) is 9.47 Å². The second kappa shape index (κ2) is 6.20. The van der Waals surface area contributed by atoms with Crippen LogP contribution < -0.4 is 4.74 Å². The van der Waals surface area contributed by atoms with Crippen LogP contribution in [0.25, 0.3) is 0 Å². The number of carboxylic acids is 1. The number of carbonyl (C=O) groups is 2. The van der Waals surface area contributed by atoms with Crippen molar-refractivity contribution in [2.24, 2.45) is 11.3 Å². The Bertz CT molecular complexity index is 617. The Balaban J connectivity index is 1.63. The van der Waals surface area contributed by atoms with Gasteiger partial charge in [-0.1, -0.05) is 12.1 Å². The topological polar surface area (TPSA) is 76.1 Å². The van der Waals surface area contributed by atoms with Crippen molar-refractivity contribution in [3.8, 4) is 5.75 Å². The van der Waals surface area contributed by atoms with Gasteiger partial charge in [-0.2, -0.15) is 0 Å². The van der Waals surface area contributed by atoms with E-state index < -0.39 is 11.4 Å². The monoisotopic (exact) mass is 319 g/mol. The summed E-state index contributed by atoms with van der Waals surface area (Å²) in [6.45, 7) is 3.37.